The minimum Gasteiger partial charge on any atom is -0.467 e. The highest BCUT2D eigenvalue weighted by atomic mass is 32.2. The Hall–Kier alpha value is -2.85. The number of sulfonamides is 1. The van der Waals surface area contributed by atoms with Gasteiger partial charge in [-0.05, 0) is 42.5 Å². The van der Waals surface area contributed by atoms with Crippen LogP contribution in [-0.2, 0) is 27.9 Å². The monoisotopic (exact) mass is 461 g/mol. The number of nitrogens with zero attached hydrogens (tertiary/aromatic N) is 3. The largest absolute Gasteiger partial charge is 0.467 e. The zero-order chi connectivity index (χ0) is 23.0. The molecular weight excluding hydrogens is 434 g/mol. The number of carbonyl (C=O) groups excluding carboxylic acids is 1. The van der Waals surface area contributed by atoms with Gasteiger partial charge < -0.3 is 13.7 Å². The lowest BCUT2D eigenvalue weighted by molar-refractivity contribution is -0.131. The standard InChI is InChI=1S/C22H27N3O6S/c1-15-9-16(2)12-24(11-15)32(28,29)18-6-7-19-20(10-18)31-22(27)25(19)14-21(26)23(3)13-17-5-4-8-30-17/h4-8,10,15-16H,9,11-14H2,1-3H3/t15-,16-/m1/s1. The van der Waals surface area contributed by atoms with Crippen LogP contribution in [0.3, 0.4) is 0 Å². The minimum atomic E-state index is -3.71. The number of carbonyl (C=O) groups is 1. The third-order valence-electron chi connectivity index (χ3n) is 5.81. The van der Waals surface area contributed by atoms with E-state index in [4.69, 9.17) is 8.83 Å². The van der Waals surface area contributed by atoms with Gasteiger partial charge in [0, 0.05) is 26.2 Å². The molecule has 32 heavy (non-hydrogen) atoms. The molecule has 2 aromatic heterocycles. The van der Waals surface area contributed by atoms with E-state index in [1.807, 2.05) is 13.8 Å². The topological polar surface area (TPSA) is 106 Å². The van der Waals surface area contributed by atoms with E-state index in [1.54, 1.807) is 19.2 Å². The third-order valence-corrected chi connectivity index (χ3v) is 7.63. The van der Waals surface area contributed by atoms with Gasteiger partial charge >= 0.3 is 5.76 Å². The first-order chi connectivity index (χ1) is 15.1. The number of benzene rings is 1. The molecule has 0 unspecified atom stereocenters. The highest BCUT2D eigenvalue weighted by Gasteiger charge is 2.32. The third kappa shape index (κ3) is 4.37. The maximum atomic E-state index is 13.2. The molecule has 0 spiro atoms. The summed E-state index contributed by atoms with van der Waals surface area (Å²) in [6, 6.07) is 7.84. The summed E-state index contributed by atoms with van der Waals surface area (Å²) in [6.07, 6.45) is 2.52. The maximum absolute atomic E-state index is 13.2. The Morgan fingerprint density at radius 3 is 2.56 bits per heavy atom. The second-order valence-electron chi connectivity index (χ2n) is 8.68. The zero-order valence-electron chi connectivity index (χ0n) is 18.4. The lowest BCUT2D eigenvalue weighted by Crippen LogP contribution is -2.42. The van der Waals surface area contributed by atoms with Crippen LogP contribution >= 0.6 is 0 Å². The molecule has 1 aliphatic heterocycles. The number of aromatic nitrogens is 1. The van der Waals surface area contributed by atoms with E-state index in [-0.39, 0.29) is 41.3 Å². The van der Waals surface area contributed by atoms with Crippen LogP contribution in [-0.4, -0.2) is 48.2 Å². The van der Waals surface area contributed by atoms with Crippen LogP contribution in [0.5, 0.6) is 0 Å². The highest BCUT2D eigenvalue weighted by molar-refractivity contribution is 7.89. The number of fused-ring (bicyclic) bond motifs is 1. The fraction of sp³-hybridized carbons (Fsp3) is 0.455. The smallest absolute Gasteiger partial charge is 0.420 e. The Labute approximate surface area is 186 Å². The Bertz CT molecular complexity index is 1260. The van der Waals surface area contributed by atoms with E-state index in [0.29, 0.717) is 24.4 Å². The molecule has 1 saturated heterocycles. The SMILES string of the molecule is C[C@@H]1C[C@@H](C)CN(S(=O)(=O)c2ccc3c(c2)oc(=O)n3CC(=O)N(C)Cc2ccco2)C1. The van der Waals surface area contributed by atoms with Gasteiger partial charge in [-0.3, -0.25) is 9.36 Å². The van der Waals surface area contributed by atoms with Gasteiger partial charge in [-0.1, -0.05) is 13.8 Å². The van der Waals surface area contributed by atoms with Crippen LogP contribution in [0.25, 0.3) is 11.1 Å². The predicted molar refractivity (Wildman–Crippen MR) is 117 cm³/mol. The van der Waals surface area contributed by atoms with Gasteiger partial charge in [-0.25, -0.2) is 13.2 Å². The molecule has 172 valence electrons. The molecule has 1 fully saturated rings. The lowest BCUT2D eigenvalue weighted by Gasteiger charge is -2.34. The van der Waals surface area contributed by atoms with Crippen LogP contribution in [0, 0.1) is 11.8 Å². The molecule has 2 atom stereocenters. The number of oxazole rings is 1. The molecule has 9 nitrogen and oxygen atoms in total. The summed E-state index contributed by atoms with van der Waals surface area (Å²) in [5.41, 5.74) is 0.504. The van der Waals surface area contributed by atoms with Gasteiger partial charge in [-0.15, -0.1) is 0 Å². The number of amides is 1. The fourth-order valence-corrected chi connectivity index (χ4v) is 5.98. The average molecular weight is 462 g/mol. The van der Waals surface area contributed by atoms with E-state index in [0.717, 1.165) is 6.42 Å². The Balaban J connectivity index is 1.57. The van der Waals surface area contributed by atoms with Crippen molar-refractivity contribution < 1.29 is 22.0 Å². The normalized spacial score (nSPS) is 20.0. The summed E-state index contributed by atoms with van der Waals surface area (Å²) in [7, 11) is -2.10. The molecule has 0 radical (unpaired) electrons. The first-order valence-corrected chi connectivity index (χ1v) is 12.0. The van der Waals surface area contributed by atoms with Gasteiger partial charge in [0.25, 0.3) is 0 Å². The van der Waals surface area contributed by atoms with Gasteiger partial charge in [0.15, 0.2) is 5.58 Å². The molecule has 3 heterocycles. The van der Waals surface area contributed by atoms with E-state index in [9.17, 15) is 18.0 Å². The second kappa shape index (κ2) is 8.59. The molecule has 4 rings (SSSR count). The zero-order valence-corrected chi connectivity index (χ0v) is 19.2. The van der Waals surface area contributed by atoms with Crippen LogP contribution < -0.4 is 5.76 Å². The fourth-order valence-electron chi connectivity index (χ4n) is 4.29. The van der Waals surface area contributed by atoms with Gasteiger partial charge in [0.1, 0.15) is 12.3 Å². The summed E-state index contributed by atoms with van der Waals surface area (Å²) in [5.74, 6) is 0.163. The number of hydrogen-bond donors (Lipinski definition) is 0. The summed E-state index contributed by atoms with van der Waals surface area (Å²) in [5, 5.41) is 0. The maximum Gasteiger partial charge on any atom is 0.420 e. The molecule has 0 bridgehead atoms. The number of likely N-dealkylation sites (N-methyl/N-ethyl adjacent to an activating group) is 1. The van der Waals surface area contributed by atoms with Gasteiger partial charge in [0.2, 0.25) is 15.9 Å². The first-order valence-electron chi connectivity index (χ1n) is 10.5. The van der Waals surface area contributed by atoms with Crippen molar-refractivity contribution >= 4 is 27.0 Å². The van der Waals surface area contributed by atoms with Crippen molar-refractivity contribution in [3.05, 3.63) is 52.9 Å². The number of hydrogen-bond acceptors (Lipinski definition) is 6. The lowest BCUT2D eigenvalue weighted by atomic mass is 9.94. The first kappa shape index (κ1) is 22.3. The molecular formula is C22H27N3O6S. The predicted octanol–water partition coefficient (Wildman–Crippen LogP) is 2.51. The van der Waals surface area contributed by atoms with Gasteiger partial charge in [-0.2, -0.15) is 4.31 Å². The van der Waals surface area contributed by atoms with Crippen molar-refractivity contribution in [3.63, 3.8) is 0 Å². The molecule has 1 amide bonds. The second-order valence-corrected chi connectivity index (χ2v) is 10.6. The van der Waals surface area contributed by atoms with E-state index < -0.39 is 15.8 Å². The highest BCUT2D eigenvalue weighted by Crippen LogP contribution is 2.28. The number of rotatable bonds is 6. The quantitative estimate of drug-likeness (QED) is 0.558. The summed E-state index contributed by atoms with van der Waals surface area (Å²) < 4.78 is 39.6. The molecule has 10 heteroatoms. The molecule has 1 aliphatic rings. The van der Waals surface area contributed by atoms with Crippen molar-refractivity contribution in [2.75, 3.05) is 20.1 Å². The molecule has 3 aromatic rings. The van der Waals surface area contributed by atoms with Crippen molar-refractivity contribution in [2.24, 2.45) is 11.8 Å². The van der Waals surface area contributed by atoms with E-state index in [2.05, 4.69) is 0 Å². The van der Waals surface area contributed by atoms with Crippen LogP contribution in [0.2, 0.25) is 0 Å². The molecule has 0 saturated carbocycles. The number of piperidine rings is 1. The van der Waals surface area contributed by atoms with Gasteiger partial charge in [0.05, 0.1) is 23.2 Å². The molecule has 0 N–H and O–H groups in total. The Morgan fingerprint density at radius 1 is 1.19 bits per heavy atom. The van der Waals surface area contributed by atoms with Crippen LogP contribution in [0.1, 0.15) is 26.0 Å². The number of furan rings is 1. The Kier molecular flexibility index (Phi) is 6.00. The summed E-state index contributed by atoms with van der Waals surface area (Å²) >= 11 is 0. The summed E-state index contributed by atoms with van der Waals surface area (Å²) in [6.45, 7) is 5.06. The molecule has 1 aromatic carbocycles. The van der Waals surface area contributed by atoms with E-state index >= 15 is 0 Å². The molecule has 0 aliphatic carbocycles. The minimum absolute atomic E-state index is 0.0773. The van der Waals surface area contributed by atoms with Crippen molar-refractivity contribution in [2.45, 2.75) is 38.3 Å². The van der Waals surface area contributed by atoms with E-state index in [1.165, 1.54) is 38.2 Å². The van der Waals surface area contributed by atoms with Crippen molar-refractivity contribution in [3.8, 4) is 0 Å². The van der Waals surface area contributed by atoms with Crippen molar-refractivity contribution in [1.82, 2.24) is 13.8 Å². The Morgan fingerprint density at radius 2 is 1.91 bits per heavy atom. The van der Waals surface area contributed by atoms with Crippen molar-refractivity contribution in [1.29, 1.82) is 0 Å². The average Bonchev–Trinajstić information content (AvgIpc) is 3.34. The summed E-state index contributed by atoms with van der Waals surface area (Å²) in [4.78, 5) is 26.5. The van der Waals surface area contributed by atoms with Crippen LogP contribution in [0.4, 0.5) is 0 Å². The van der Waals surface area contributed by atoms with Crippen LogP contribution in [0.15, 0.2) is 55.1 Å².